The lowest BCUT2D eigenvalue weighted by molar-refractivity contribution is -0.127. The molecule has 1 N–H and O–H groups in total. The first-order chi connectivity index (χ1) is 15.9. The molecule has 6 nitrogen and oxygen atoms in total. The molecule has 33 heavy (non-hydrogen) atoms. The van der Waals surface area contributed by atoms with Crippen molar-refractivity contribution in [3.05, 3.63) is 90.0 Å². The van der Waals surface area contributed by atoms with Gasteiger partial charge in [-0.3, -0.25) is 9.10 Å². The number of carbonyl (C=O) groups is 1. The minimum absolute atomic E-state index is 0.0664. The maximum absolute atomic E-state index is 13.3. The molecule has 0 bridgehead atoms. The molecule has 1 amide bonds. The van der Waals surface area contributed by atoms with Crippen molar-refractivity contribution in [2.45, 2.75) is 23.7 Å². The van der Waals surface area contributed by atoms with Crippen LogP contribution in [0.15, 0.2) is 83.8 Å². The number of rotatable bonds is 8. The van der Waals surface area contributed by atoms with E-state index in [9.17, 15) is 13.2 Å². The molecule has 1 atom stereocenters. The van der Waals surface area contributed by atoms with Crippen molar-refractivity contribution in [2.75, 3.05) is 23.1 Å². The number of aryl methyl sites for hydroxylation is 1. The van der Waals surface area contributed by atoms with E-state index in [0.29, 0.717) is 29.3 Å². The van der Waals surface area contributed by atoms with Gasteiger partial charge in [-0.2, -0.15) is 0 Å². The Morgan fingerprint density at radius 1 is 1.03 bits per heavy atom. The molecule has 0 radical (unpaired) electrons. The van der Waals surface area contributed by atoms with Crippen LogP contribution in [0, 0.1) is 6.92 Å². The Morgan fingerprint density at radius 2 is 1.73 bits per heavy atom. The van der Waals surface area contributed by atoms with Gasteiger partial charge in [0.25, 0.3) is 5.91 Å². The Kier molecular flexibility index (Phi) is 7.25. The van der Waals surface area contributed by atoms with Crippen LogP contribution in [0.2, 0.25) is 0 Å². The van der Waals surface area contributed by atoms with Gasteiger partial charge < -0.3 is 10.1 Å². The van der Waals surface area contributed by atoms with E-state index in [1.807, 2.05) is 25.1 Å². The first-order valence-electron chi connectivity index (χ1n) is 10.7. The summed E-state index contributed by atoms with van der Waals surface area (Å²) in [5, 5.41) is 2.88. The minimum atomic E-state index is -3.71. The third-order valence-corrected chi connectivity index (χ3v) is 7.98. The van der Waals surface area contributed by atoms with Gasteiger partial charge in [0.15, 0.2) is 6.10 Å². The predicted octanol–water partition coefficient (Wildman–Crippen LogP) is 4.00. The maximum Gasteiger partial charge on any atom is 0.263 e. The molecule has 0 aromatic heterocycles. The van der Waals surface area contributed by atoms with E-state index in [1.165, 1.54) is 9.87 Å². The lowest BCUT2D eigenvalue weighted by Gasteiger charge is -2.34. The summed E-state index contributed by atoms with van der Waals surface area (Å²) < 4.78 is 33.7. The van der Waals surface area contributed by atoms with Gasteiger partial charge in [0.05, 0.1) is 18.0 Å². The van der Waals surface area contributed by atoms with Gasteiger partial charge in [0.1, 0.15) is 5.75 Å². The molecule has 1 aliphatic rings. The topological polar surface area (TPSA) is 75.7 Å². The molecule has 4 rings (SSSR count). The molecule has 0 unspecified atom stereocenters. The van der Waals surface area contributed by atoms with E-state index >= 15 is 0 Å². The second kappa shape index (κ2) is 10.3. The van der Waals surface area contributed by atoms with Crippen LogP contribution >= 0.6 is 11.8 Å². The van der Waals surface area contributed by atoms with Gasteiger partial charge in [-0.25, -0.2) is 8.42 Å². The normalized spacial score (nSPS) is 15.4. The van der Waals surface area contributed by atoms with Gasteiger partial charge in [0.2, 0.25) is 10.0 Å². The van der Waals surface area contributed by atoms with Crippen molar-refractivity contribution in [1.82, 2.24) is 5.32 Å². The van der Waals surface area contributed by atoms with Gasteiger partial charge in [-0.15, -0.1) is 11.8 Å². The molecule has 3 aromatic rings. The van der Waals surface area contributed by atoms with Crippen molar-refractivity contribution < 1.29 is 17.9 Å². The van der Waals surface area contributed by atoms with Crippen molar-refractivity contribution in [3.63, 3.8) is 0 Å². The lowest BCUT2D eigenvalue weighted by atomic mass is 10.2. The lowest BCUT2D eigenvalue weighted by Crippen LogP contribution is -2.51. The summed E-state index contributed by atoms with van der Waals surface area (Å²) in [6, 6.07) is 24.1. The Morgan fingerprint density at radius 3 is 2.48 bits per heavy atom. The quantitative estimate of drug-likeness (QED) is 0.388. The zero-order valence-electron chi connectivity index (χ0n) is 18.3. The molecule has 3 aromatic carbocycles. The summed E-state index contributed by atoms with van der Waals surface area (Å²) >= 11 is 1.65. The molecule has 0 saturated heterocycles. The highest BCUT2D eigenvalue weighted by atomic mass is 32.2. The standard InChI is InChI=1S/C25H26N2O4S2/c1-19-11-13-21(14-12-19)32-16-15-26-25(28)24-17-27(22-9-5-6-10-23(22)31-24)33(29,30)18-20-7-3-2-4-8-20/h2-14,24H,15-18H2,1H3,(H,26,28)/t24-/m1/s1. The summed E-state index contributed by atoms with van der Waals surface area (Å²) in [4.78, 5) is 14.0. The van der Waals surface area contributed by atoms with Gasteiger partial charge in [0, 0.05) is 17.2 Å². The van der Waals surface area contributed by atoms with Crippen LogP contribution in [0.5, 0.6) is 5.75 Å². The average molecular weight is 483 g/mol. The number of hydrogen-bond acceptors (Lipinski definition) is 5. The van der Waals surface area contributed by atoms with Crippen molar-refractivity contribution in [3.8, 4) is 5.75 Å². The minimum Gasteiger partial charge on any atom is -0.476 e. The summed E-state index contributed by atoms with van der Waals surface area (Å²) in [5.41, 5.74) is 2.34. The summed E-state index contributed by atoms with van der Waals surface area (Å²) in [6.45, 7) is 2.43. The second-order valence-electron chi connectivity index (χ2n) is 7.80. The van der Waals surface area contributed by atoms with Crippen LogP contribution in [0.3, 0.4) is 0 Å². The fourth-order valence-corrected chi connectivity index (χ4v) is 5.91. The van der Waals surface area contributed by atoms with Crippen LogP contribution in [0.4, 0.5) is 5.69 Å². The molecule has 0 aliphatic carbocycles. The molecule has 8 heteroatoms. The van der Waals surface area contributed by atoms with Gasteiger partial charge >= 0.3 is 0 Å². The number of fused-ring (bicyclic) bond motifs is 1. The SMILES string of the molecule is Cc1ccc(SCCNC(=O)[C@H]2CN(S(=O)(=O)Cc3ccccc3)c3ccccc3O2)cc1. The van der Waals surface area contributed by atoms with Crippen molar-refractivity contribution >= 4 is 33.4 Å². The van der Waals surface area contributed by atoms with E-state index in [4.69, 9.17) is 4.74 Å². The van der Waals surface area contributed by atoms with E-state index in [1.54, 1.807) is 48.2 Å². The van der Waals surface area contributed by atoms with Crippen molar-refractivity contribution in [2.24, 2.45) is 0 Å². The number of para-hydroxylation sites is 2. The number of ether oxygens (including phenoxy) is 1. The Hall–Kier alpha value is -2.97. The molecule has 172 valence electrons. The van der Waals surface area contributed by atoms with E-state index in [-0.39, 0.29) is 18.2 Å². The Labute approximate surface area is 199 Å². The highest BCUT2D eigenvalue weighted by Crippen LogP contribution is 2.35. The number of sulfonamides is 1. The largest absolute Gasteiger partial charge is 0.476 e. The van der Waals surface area contributed by atoms with E-state index < -0.39 is 16.1 Å². The van der Waals surface area contributed by atoms with Crippen LogP contribution in [0.1, 0.15) is 11.1 Å². The highest BCUT2D eigenvalue weighted by Gasteiger charge is 2.36. The summed E-state index contributed by atoms with van der Waals surface area (Å²) in [7, 11) is -3.71. The zero-order valence-corrected chi connectivity index (χ0v) is 19.9. The van der Waals surface area contributed by atoms with Crippen LogP contribution in [-0.2, 0) is 20.6 Å². The van der Waals surface area contributed by atoms with Gasteiger partial charge in [-0.05, 0) is 36.8 Å². The van der Waals surface area contributed by atoms with Crippen LogP contribution in [-0.4, -0.2) is 39.3 Å². The monoisotopic (exact) mass is 482 g/mol. The third kappa shape index (κ3) is 5.89. The second-order valence-corrected chi connectivity index (χ2v) is 10.9. The van der Waals surface area contributed by atoms with E-state index in [0.717, 1.165) is 4.90 Å². The molecule has 0 fully saturated rings. The number of amides is 1. The van der Waals surface area contributed by atoms with Crippen LogP contribution < -0.4 is 14.4 Å². The molecule has 0 spiro atoms. The summed E-state index contributed by atoms with van der Waals surface area (Å²) in [5.74, 6) is 0.612. The third-order valence-electron chi connectivity index (χ3n) is 5.25. The number of thioether (sulfide) groups is 1. The predicted molar refractivity (Wildman–Crippen MR) is 132 cm³/mol. The Bertz CT molecular complexity index is 1200. The number of benzene rings is 3. The fourth-order valence-electron chi connectivity index (χ4n) is 3.56. The number of hydrogen-bond donors (Lipinski definition) is 1. The van der Waals surface area contributed by atoms with Gasteiger partial charge in [-0.1, -0.05) is 60.2 Å². The number of nitrogens with zero attached hydrogens (tertiary/aromatic N) is 1. The average Bonchev–Trinajstić information content (AvgIpc) is 2.82. The zero-order chi connectivity index (χ0) is 23.3. The highest BCUT2D eigenvalue weighted by molar-refractivity contribution is 7.99. The fraction of sp³-hybridized carbons (Fsp3) is 0.240. The number of anilines is 1. The van der Waals surface area contributed by atoms with E-state index in [2.05, 4.69) is 29.6 Å². The molecular formula is C25H26N2O4S2. The molecular weight excluding hydrogens is 456 g/mol. The maximum atomic E-state index is 13.3. The number of nitrogens with one attached hydrogen (secondary N) is 1. The first kappa shape index (κ1) is 23.2. The first-order valence-corrected chi connectivity index (χ1v) is 13.3. The van der Waals surface area contributed by atoms with Crippen LogP contribution in [0.25, 0.3) is 0 Å². The molecule has 1 aliphatic heterocycles. The van der Waals surface area contributed by atoms with Crippen molar-refractivity contribution in [1.29, 1.82) is 0 Å². The summed E-state index contributed by atoms with van der Waals surface area (Å²) in [6.07, 6.45) is -0.921. The smallest absolute Gasteiger partial charge is 0.263 e. The number of carbonyl (C=O) groups excluding carboxylic acids is 1. The molecule has 0 saturated carbocycles. The Balaban J connectivity index is 1.42. The molecule has 1 heterocycles.